The molecule has 0 aliphatic heterocycles. The van der Waals surface area contributed by atoms with E-state index in [1.54, 1.807) is 41.3 Å². The number of amides is 1. The quantitative estimate of drug-likeness (QED) is 0.675. The molecule has 0 aliphatic rings. The lowest BCUT2D eigenvalue weighted by molar-refractivity contribution is 0.0977. The van der Waals surface area contributed by atoms with Crippen LogP contribution in [-0.4, -0.2) is 26.4 Å². The summed E-state index contributed by atoms with van der Waals surface area (Å²) in [6, 6.07) is 10.6. The molecule has 0 unspecified atom stereocenters. The minimum Gasteiger partial charge on any atom is -0.455 e. The van der Waals surface area contributed by atoms with Crippen molar-refractivity contribution < 1.29 is 22.3 Å². The third kappa shape index (κ3) is 4.16. The van der Waals surface area contributed by atoms with Gasteiger partial charge in [-0.15, -0.1) is 0 Å². The van der Waals surface area contributed by atoms with Crippen LogP contribution in [-0.2, 0) is 10.2 Å². The molecule has 7 nitrogen and oxygen atoms in total. The van der Waals surface area contributed by atoms with E-state index in [1.807, 2.05) is 4.72 Å². The molecule has 0 saturated carbocycles. The number of carbonyl (C=O) groups excluding carboxylic acids is 1. The highest BCUT2D eigenvalue weighted by Crippen LogP contribution is 2.34. The topological polar surface area (TPSA) is 97.4 Å². The van der Waals surface area contributed by atoms with Gasteiger partial charge in [0, 0.05) is 24.7 Å². The third-order valence-electron chi connectivity index (χ3n) is 3.59. The van der Waals surface area contributed by atoms with Gasteiger partial charge in [-0.25, -0.2) is 13.8 Å². The second-order valence-electron chi connectivity index (χ2n) is 5.33. The lowest BCUT2D eigenvalue weighted by atomic mass is 10.2. The fourth-order valence-corrected chi connectivity index (χ4v) is 2.95. The number of hydrogen-bond donors (Lipinski definition) is 2. The summed E-state index contributed by atoms with van der Waals surface area (Å²) in [5.41, 5.74) is 0.144. The Morgan fingerprint density at radius 1 is 1.19 bits per heavy atom. The van der Waals surface area contributed by atoms with Crippen LogP contribution < -0.4 is 14.2 Å². The number of benzene rings is 2. The summed E-state index contributed by atoms with van der Waals surface area (Å²) in [5, 5.41) is 0.628. The van der Waals surface area contributed by atoms with Gasteiger partial charge in [0.1, 0.15) is 17.3 Å². The highest BCUT2D eigenvalue weighted by molar-refractivity contribution is 7.88. The first-order chi connectivity index (χ1) is 12.8. The Labute approximate surface area is 159 Å². The van der Waals surface area contributed by atoms with Crippen LogP contribution in [0.3, 0.4) is 0 Å². The van der Waals surface area contributed by atoms with Crippen LogP contribution in [0.2, 0.25) is 5.02 Å². The monoisotopic (exact) mass is 409 g/mol. The van der Waals surface area contributed by atoms with Crippen molar-refractivity contribution in [3.8, 4) is 11.5 Å². The molecule has 27 heavy (non-hydrogen) atoms. The molecule has 3 aromatic rings. The number of nitrogens with zero attached hydrogens (tertiary/aromatic N) is 1. The number of ether oxygens (including phenoxy) is 1. The number of carbonyl (C=O) groups is 1. The van der Waals surface area contributed by atoms with Crippen LogP contribution in [0.5, 0.6) is 11.5 Å². The smallest absolute Gasteiger partial charge is 0.301 e. The fourth-order valence-electron chi connectivity index (χ4n) is 2.29. The van der Waals surface area contributed by atoms with E-state index in [-0.39, 0.29) is 10.8 Å². The first kappa shape index (κ1) is 19.0. The van der Waals surface area contributed by atoms with Gasteiger partial charge in [-0.1, -0.05) is 17.7 Å². The lowest BCUT2D eigenvalue weighted by Gasteiger charge is -2.12. The van der Waals surface area contributed by atoms with E-state index in [0.29, 0.717) is 16.7 Å². The van der Waals surface area contributed by atoms with Gasteiger partial charge in [0.25, 0.3) is 5.91 Å². The molecule has 2 aromatic carbocycles. The zero-order chi connectivity index (χ0) is 19.6. The van der Waals surface area contributed by atoms with Gasteiger partial charge in [0.05, 0.1) is 16.1 Å². The summed E-state index contributed by atoms with van der Waals surface area (Å²) in [5.74, 6) is -1.78. The summed E-state index contributed by atoms with van der Waals surface area (Å²) < 4.78 is 46.4. The van der Waals surface area contributed by atoms with E-state index in [9.17, 15) is 17.6 Å². The average Bonchev–Trinajstić information content (AvgIpc) is 2.64. The molecule has 0 saturated heterocycles. The number of halogens is 2. The Kier molecular flexibility index (Phi) is 5.26. The number of pyridine rings is 1. The summed E-state index contributed by atoms with van der Waals surface area (Å²) >= 11 is 6.10. The molecule has 1 heterocycles. The van der Waals surface area contributed by atoms with Gasteiger partial charge < -0.3 is 4.74 Å². The molecule has 140 valence electrons. The maximum Gasteiger partial charge on any atom is 0.301 e. The van der Waals surface area contributed by atoms with E-state index in [4.69, 9.17) is 16.3 Å². The fraction of sp³-hybridized carbons (Fsp3) is 0.0588. The van der Waals surface area contributed by atoms with Crippen LogP contribution in [0.4, 0.5) is 4.39 Å². The van der Waals surface area contributed by atoms with E-state index in [2.05, 4.69) is 4.98 Å². The predicted molar refractivity (Wildman–Crippen MR) is 98.7 cm³/mol. The Bertz CT molecular complexity index is 1130. The van der Waals surface area contributed by atoms with Crippen molar-refractivity contribution in [3.63, 3.8) is 0 Å². The molecule has 1 amide bonds. The molecule has 10 heteroatoms. The first-order valence-corrected chi connectivity index (χ1v) is 9.43. The zero-order valence-corrected chi connectivity index (χ0v) is 15.4. The Hall–Kier alpha value is -2.75. The van der Waals surface area contributed by atoms with Gasteiger partial charge in [-0.05, 0) is 30.3 Å². The normalized spacial score (nSPS) is 11.4. The number of fused-ring (bicyclic) bond motifs is 1. The summed E-state index contributed by atoms with van der Waals surface area (Å²) in [6.45, 7) is 0. The zero-order valence-electron chi connectivity index (χ0n) is 13.9. The summed E-state index contributed by atoms with van der Waals surface area (Å²) in [4.78, 5) is 16.2. The largest absolute Gasteiger partial charge is 0.455 e. The molecule has 3 rings (SSSR count). The number of hydrogen-bond acceptors (Lipinski definition) is 5. The van der Waals surface area contributed by atoms with Gasteiger partial charge in [-0.2, -0.15) is 8.42 Å². The maximum atomic E-state index is 14.3. The van der Waals surface area contributed by atoms with Crippen LogP contribution in [0.25, 0.3) is 10.9 Å². The molecule has 0 aliphatic carbocycles. The van der Waals surface area contributed by atoms with Crippen molar-refractivity contribution in [3.05, 3.63) is 65.1 Å². The van der Waals surface area contributed by atoms with Crippen molar-refractivity contribution >= 4 is 38.6 Å². The Morgan fingerprint density at radius 3 is 2.70 bits per heavy atom. The molecule has 0 fully saturated rings. The minimum atomic E-state index is -4.08. The molecule has 2 N–H and O–H groups in total. The molecular weight excluding hydrogens is 397 g/mol. The first-order valence-electron chi connectivity index (χ1n) is 7.57. The van der Waals surface area contributed by atoms with Crippen molar-refractivity contribution in [2.24, 2.45) is 0 Å². The molecule has 0 bridgehead atoms. The van der Waals surface area contributed by atoms with Crippen molar-refractivity contribution in [2.75, 3.05) is 7.05 Å². The second kappa shape index (κ2) is 7.47. The van der Waals surface area contributed by atoms with Gasteiger partial charge in [0.15, 0.2) is 0 Å². The molecular formula is C17H13ClFN3O4S. The van der Waals surface area contributed by atoms with E-state index in [1.165, 1.54) is 0 Å². The molecule has 1 aromatic heterocycles. The Morgan fingerprint density at radius 2 is 1.96 bits per heavy atom. The van der Waals surface area contributed by atoms with E-state index in [0.717, 1.165) is 19.2 Å². The second-order valence-corrected chi connectivity index (χ2v) is 7.36. The van der Waals surface area contributed by atoms with Gasteiger partial charge in [0.2, 0.25) is 0 Å². The van der Waals surface area contributed by atoms with Crippen LogP contribution in [0, 0.1) is 5.82 Å². The average molecular weight is 410 g/mol. The SMILES string of the molecule is CNS(=O)(=O)NC(=O)c1cc(Cl)c(Oc2cccc3ncccc23)cc1F. The summed E-state index contributed by atoms with van der Waals surface area (Å²) in [6.07, 6.45) is 1.63. The molecule has 0 spiro atoms. The van der Waals surface area contributed by atoms with Gasteiger partial charge >= 0.3 is 10.2 Å². The Balaban J connectivity index is 1.94. The lowest BCUT2D eigenvalue weighted by Crippen LogP contribution is -2.38. The van der Waals surface area contributed by atoms with Crippen LogP contribution in [0.15, 0.2) is 48.7 Å². The number of rotatable bonds is 5. The number of aromatic nitrogens is 1. The van der Waals surface area contributed by atoms with Crippen molar-refractivity contribution in [2.45, 2.75) is 0 Å². The maximum absolute atomic E-state index is 14.3. The van der Waals surface area contributed by atoms with E-state index < -0.39 is 27.5 Å². The highest BCUT2D eigenvalue weighted by Gasteiger charge is 2.20. The van der Waals surface area contributed by atoms with Crippen molar-refractivity contribution in [1.82, 2.24) is 14.4 Å². The van der Waals surface area contributed by atoms with Gasteiger partial charge in [-0.3, -0.25) is 9.78 Å². The third-order valence-corrected chi connectivity index (χ3v) is 4.87. The van der Waals surface area contributed by atoms with Crippen molar-refractivity contribution in [1.29, 1.82) is 0 Å². The standard InChI is InChI=1S/C17H13ClFN3O4S/c1-20-27(24,25)22-17(23)11-8-12(18)16(9-13(11)19)26-15-6-2-5-14-10(15)4-3-7-21-14/h2-9,20H,1H3,(H,22,23). The van der Waals surface area contributed by atoms with E-state index >= 15 is 0 Å². The summed E-state index contributed by atoms with van der Waals surface area (Å²) in [7, 11) is -2.97. The van der Waals surface area contributed by atoms with Crippen LogP contribution in [0.1, 0.15) is 10.4 Å². The molecule has 0 atom stereocenters. The predicted octanol–water partition coefficient (Wildman–Crippen LogP) is 3.01. The van der Waals surface area contributed by atoms with Crippen LogP contribution >= 0.6 is 11.6 Å². The molecule has 0 radical (unpaired) electrons. The minimum absolute atomic E-state index is 0.0291. The highest BCUT2D eigenvalue weighted by atomic mass is 35.5. The number of nitrogens with one attached hydrogen (secondary N) is 2.